The molecular weight excluding hydrogens is 318 g/mol. The van der Waals surface area contributed by atoms with Crippen molar-refractivity contribution in [2.75, 3.05) is 6.61 Å². The lowest BCUT2D eigenvalue weighted by Gasteiger charge is -2.32. The van der Waals surface area contributed by atoms with E-state index < -0.39 is 0 Å². The van der Waals surface area contributed by atoms with Crippen molar-refractivity contribution in [3.05, 3.63) is 108 Å². The van der Waals surface area contributed by atoms with Gasteiger partial charge < -0.3 is 5.11 Å². The van der Waals surface area contributed by atoms with Crippen LogP contribution in [0.5, 0.6) is 0 Å². The summed E-state index contributed by atoms with van der Waals surface area (Å²) in [6, 6.07) is 32.2. The van der Waals surface area contributed by atoms with Gasteiger partial charge in [-0.2, -0.15) is 0 Å². The van der Waals surface area contributed by atoms with E-state index in [2.05, 4.69) is 95.9 Å². The molecule has 2 heteroatoms. The third-order valence-corrected chi connectivity index (χ3v) is 4.72. The Morgan fingerprint density at radius 2 is 1.12 bits per heavy atom. The van der Waals surface area contributed by atoms with Crippen molar-refractivity contribution in [2.45, 2.75) is 32.0 Å². The number of aliphatic hydroxyl groups is 1. The van der Waals surface area contributed by atoms with Crippen molar-refractivity contribution in [3.63, 3.8) is 0 Å². The quantitative estimate of drug-likeness (QED) is 0.576. The lowest BCUT2D eigenvalue weighted by Crippen LogP contribution is -2.28. The minimum absolute atomic E-state index is 0.230. The Morgan fingerprint density at radius 3 is 1.58 bits per heavy atom. The monoisotopic (exact) mass is 345 g/mol. The van der Waals surface area contributed by atoms with E-state index >= 15 is 0 Å². The molecule has 3 aromatic rings. The number of hydrogen-bond acceptors (Lipinski definition) is 2. The summed E-state index contributed by atoms with van der Waals surface area (Å²) in [5.41, 5.74) is 3.94. The minimum Gasteiger partial charge on any atom is -0.396 e. The van der Waals surface area contributed by atoms with Crippen LogP contribution < -0.4 is 0 Å². The number of benzene rings is 3. The number of rotatable bonds is 9. The largest absolute Gasteiger partial charge is 0.396 e. The Balaban J connectivity index is 1.89. The van der Waals surface area contributed by atoms with Crippen molar-refractivity contribution < 1.29 is 5.11 Å². The summed E-state index contributed by atoms with van der Waals surface area (Å²) in [6.07, 6.45) is 1.75. The molecule has 0 fully saturated rings. The standard InChI is InChI=1S/C24H27NO/c26-18-10-17-24(23-15-8-3-9-16-23)25(19-21-11-4-1-5-12-21)20-22-13-6-2-7-14-22/h1-9,11-16,24,26H,10,17-20H2/t24-/m0/s1. The van der Waals surface area contributed by atoms with E-state index in [4.69, 9.17) is 0 Å². The summed E-state index contributed by atoms with van der Waals surface area (Å²) in [5, 5.41) is 9.40. The van der Waals surface area contributed by atoms with Gasteiger partial charge in [0.25, 0.3) is 0 Å². The molecule has 2 nitrogen and oxygen atoms in total. The van der Waals surface area contributed by atoms with E-state index in [0.29, 0.717) is 0 Å². The molecule has 1 atom stereocenters. The van der Waals surface area contributed by atoms with Crippen molar-refractivity contribution in [3.8, 4) is 0 Å². The van der Waals surface area contributed by atoms with Crippen LogP contribution in [-0.2, 0) is 13.1 Å². The van der Waals surface area contributed by atoms with Crippen LogP contribution in [0.15, 0.2) is 91.0 Å². The molecule has 1 N–H and O–H groups in total. The maximum Gasteiger partial charge on any atom is 0.0431 e. The number of hydrogen-bond donors (Lipinski definition) is 1. The van der Waals surface area contributed by atoms with Gasteiger partial charge >= 0.3 is 0 Å². The molecule has 0 aliphatic carbocycles. The molecule has 0 heterocycles. The average molecular weight is 345 g/mol. The first-order chi connectivity index (χ1) is 12.9. The highest BCUT2D eigenvalue weighted by atomic mass is 16.2. The second-order valence-electron chi connectivity index (χ2n) is 6.67. The Kier molecular flexibility index (Phi) is 7.00. The third-order valence-electron chi connectivity index (χ3n) is 4.72. The molecule has 3 aromatic carbocycles. The molecule has 0 aromatic heterocycles. The van der Waals surface area contributed by atoms with Crippen LogP contribution in [0.3, 0.4) is 0 Å². The maximum absolute atomic E-state index is 9.40. The number of aliphatic hydroxyl groups excluding tert-OH is 1. The molecule has 0 spiro atoms. The fourth-order valence-corrected chi connectivity index (χ4v) is 3.43. The summed E-state index contributed by atoms with van der Waals surface area (Å²) in [5.74, 6) is 0. The number of nitrogens with zero attached hydrogens (tertiary/aromatic N) is 1. The normalized spacial score (nSPS) is 12.2. The molecule has 3 rings (SSSR count). The highest BCUT2D eigenvalue weighted by molar-refractivity contribution is 5.22. The van der Waals surface area contributed by atoms with Crippen LogP contribution in [-0.4, -0.2) is 16.6 Å². The van der Waals surface area contributed by atoms with E-state index in [1.165, 1.54) is 16.7 Å². The highest BCUT2D eigenvalue weighted by Crippen LogP contribution is 2.29. The van der Waals surface area contributed by atoms with Gasteiger partial charge in [-0.25, -0.2) is 0 Å². The Labute approximate surface area is 156 Å². The van der Waals surface area contributed by atoms with Crippen LogP contribution >= 0.6 is 0 Å². The first-order valence-corrected chi connectivity index (χ1v) is 9.34. The van der Waals surface area contributed by atoms with Gasteiger partial charge in [-0.3, -0.25) is 4.90 Å². The molecule has 0 radical (unpaired) electrons. The zero-order chi connectivity index (χ0) is 18.0. The minimum atomic E-state index is 0.230. The Hall–Kier alpha value is -2.42. The molecule has 0 aliphatic heterocycles. The Bertz CT molecular complexity index is 701. The fraction of sp³-hybridized carbons (Fsp3) is 0.250. The van der Waals surface area contributed by atoms with E-state index in [0.717, 1.165) is 25.9 Å². The first-order valence-electron chi connectivity index (χ1n) is 9.34. The van der Waals surface area contributed by atoms with E-state index in [1.807, 2.05) is 0 Å². The van der Waals surface area contributed by atoms with Crippen LogP contribution in [0, 0.1) is 0 Å². The lowest BCUT2D eigenvalue weighted by atomic mass is 9.98. The first kappa shape index (κ1) is 18.4. The summed E-state index contributed by atoms with van der Waals surface area (Å²) in [4.78, 5) is 2.52. The van der Waals surface area contributed by atoms with Gasteiger partial charge in [-0.05, 0) is 29.5 Å². The van der Waals surface area contributed by atoms with E-state index in [1.54, 1.807) is 0 Å². The summed E-state index contributed by atoms with van der Waals surface area (Å²) >= 11 is 0. The second kappa shape index (κ2) is 9.91. The predicted octanol–water partition coefficient (Wildman–Crippen LogP) is 5.20. The summed E-state index contributed by atoms with van der Waals surface area (Å²) < 4.78 is 0. The molecule has 134 valence electrons. The smallest absolute Gasteiger partial charge is 0.0431 e. The maximum atomic E-state index is 9.40. The zero-order valence-electron chi connectivity index (χ0n) is 15.2. The van der Waals surface area contributed by atoms with Crippen molar-refractivity contribution >= 4 is 0 Å². The fourth-order valence-electron chi connectivity index (χ4n) is 3.43. The molecule has 26 heavy (non-hydrogen) atoms. The van der Waals surface area contributed by atoms with Crippen LogP contribution in [0.2, 0.25) is 0 Å². The van der Waals surface area contributed by atoms with E-state index in [9.17, 15) is 5.11 Å². The van der Waals surface area contributed by atoms with Gasteiger partial charge in [-0.15, -0.1) is 0 Å². The van der Waals surface area contributed by atoms with Gasteiger partial charge in [0.1, 0.15) is 0 Å². The van der Waals surface area contributed by atoms with Gasteiger partial charge in [0, 0.05) is 25.7 Å². The zero-order valence-corrected chi connectivity index (χ0v) is 15.2. The molecule has 0 saturated carbocycles. The molecule has 0 unspecified atom stereocenters. The summed E-state index contributed by atoms with van der Waals surface area (Å²) in [7, 11) is 0. The molecule has 0 saturated heterocycles. The molecule has 0 amide bonds. The van der Waals surface area contributed by atoms with Crippen LogP contribution in [0.1, 0.15) is 35.6 Å². The van der Waals surface area contributed by atoms with Gasteiger partial charge in [0.05, 0.1) is 0 Å². The van der Waals surface area contributed by atoms with Crippen molar-refractivity contribution in [1.29, 1.82) is 0 Å². The molecule has 0 aliphatic rings. The molecular formula is C24H27NO. The van der Waals surface area contributed by atoms with Crippen molar-refractivity contribution in [2.24, 2.45) is 0 Å². The van der Waals surface area contributed by atoms with Gasteiger partial charge in [-0.1, -0.05) is 91.0 Å². The Morgan fingerprint density at radius 1 is 0.654 bits per heavy atom. The third kappa shape index (κ3) is 5.29. The predicted molar refractivity (Wildman–Crippen MR) is 108 cm³/mol. The SMILES string of the molecule is OCCC[C@@H](c1ccccc1)N(Cc1ccccc1)Cc1ccccc1. The topological polar surface area (TPSA) is 23.5 Å². The van der Waals surface area contributed by atoms with Crippen LogP contribution in [0.25, 0.3) is 0 Å². The highest BCUT2D eigenvalue weighted by Gasteiger charge is 2.20. The summed E-state index contributed by atoms with van der Waals surface area (Å²) in [6.45, 7) is 2.01. The van der Waals surface area contributed by atoms with Crippen LogP contribution in [0.4, 0.5) is 0 Å². The van der Waals surface area contributed by atoms with Crippen molar-refractivity contribution in [1.82, 2.24) is 4.90 Å². The second-order valence-corrected chi connectivity index (χ2v) is 6.67. The molecule has 0 bridgehead atoms. The van der Waals surface area contributed by atoms with E-state index in [-0.39, 0.29) is 12.6 Å². The van der Waals surface area contributed by atoms with Gasteiger partial charge in [0.15, 0.2) is 0 Å². The lowest BCUT2D eigenvalue weighted by molar-refractivity contribution is 0.157. The average Bonchev–Trinajstić information content (AvgIpc) is 2.70. The van der Waals surface area contributed by atoms with Gasteiger partial charge in [0.2, 0.25) is 0 Å².